The van der Waals surface area contributed by atoms with E-state index in [4.69, 9.17) is 13.9 Å². The van der Waals surface area contributed by atoms with E-state index in [1.165, 1.54) is 0 Å². The second kappa shape index (κ2) is 9.20. The lowest BCUT2D eigenvalue weighted by Crippen LogP contribution is -2.44. The molecule has 4 nitrogen and oxygen atoms in total. The van der Waals surface area contributed by atoms with Crippen LogP contribution < -0.4 is 4.43 Å². The van der Waals surface area contributed by atoms with E-state index >= 15 is 0 Å². The molecule has 5 heteroatoms. The summed E-state index contributed by atoms with van der Waals surface area (Å²) >= 11 is 0. The van der Waals surface area contributed by atoms with Gasteiger partial charge in [0.15, 0.2) is 0 Å². The number of para-hydroxylation sites is 1. The fraction of sp³-hybridized carbons (Fsp3) is 0.625. The minimum atomic E-state index is -1.40. The first-order valence-corrected chi connectivity index (χ1v) is 9.79. The molecule has 2 atom stereocenters. The summed E-state index contributed by atoms with van der Waals surface area (Å²) in [7, 11) is -1.40. The molecule has 0 radical (unpaired) electrons. The summed E-state index contributed by atoms with van der Waals surface area (Å²) in [6, 6.07) is 11.3. The molecule has 1 heterocycles. The summed E-state index contributed by atoms with van der Waals surface area (Å²) < 4.78 is 19.5. The highest BCUT2D eigenvalue weighted by Crippen LogP contribution is 2.15. The first-order valence-electron chi connectivity index (χ1n) is 7.98. The minimum absolute atomic E-state index is 0.362. The third kappa shape index (κ3) is 6.18. The Bertz CT molecular complexity index is 382. The van der Waals surface area contributed by atoms with E-state index in [2.05, 4.69) is 18.4 Å². The zero-order chi connectivity index (χ0) is 14.9. The lowest BCUT2D eigenvalue weighted by molar-refractivity contribution is 0.116. The molecule has 2 unspecified atom stereocenters. The molecule has 1 aliphatic rings. The zero-order valence-corrected chi connectivity index (χ0v) is 14.3. The van der Waals surface area contributed by atoms with Crippen molar-refractivity contribution in [2.75, 3.05) is 32.9 Å². The maximum absolute atomic E-state index is 6.28. The van der Waals surface area contributed by atoms with Crippen LogP contribution in [-0.4, -0.2) is 52.8 Å². The molecule has 0 amide bonds. The van der Waals surface area contributed by atoms with E-state index in [1.54, 1.807) is 0 Å². The molecule has 0 saturated carbocycles. The molecule has 1 aromatic rings. The van der Waals surface area contributed by atoms with Crippen molar-refractivity contribution in [2.45, 2.75) is 32.4 Å². The van der Waals surface area contributed by atoms with Gasteiger partial charge in [0.05, 0.1) is 13.2 Å². The summed E-state index contributed by atoms with van der Waals surface area (Å²) in [6.45, 7) is 8.94. The molecule has 1 aliphatic heterocycles. The highest BCUT2D eigenvalue weighted by Gasteiger charge is 2.23. The zero-order valence-electron chi connectivity index (χ0n) is 13.2. The molecule has 1 saturated heterocycles. The van der Waals surface area contributed by atoms with Crippen molar-refractivity contribution in [3.8, 4) is 5.75 Å². The average Bonchev–Trinajstić information content (AvgIpc) is 3.33. The molecule has 2 rings (SSSR count). The fourth-order valence-corrected chi connectivity index (χ4v) is 4.78. The maximum atomic E-state index is 6.28. The van der Waals surface area contributed by atoms with Crippen molar-refractivity contribution in [2.24, 2.45) is 0 Å². The SMILES string of the molecule is CCN(CC)[SiH](CCCOCC1CO1)Oc1ccccc1. The number of ether oxygens (including phenoxy) is 2. The summed E-state index contributed by atoms with van der Waals surface area (Å²) in [5.74, 6) is 0.994. The third-order valence-electron chi connectivity index (χ3n) is 3.68. The van der Waals surface area contributed by atoms with Gasteiger partial charge in [-0.3, -0.25) is 4.57 Å². The van der Waals surface area contributed by atoms with Gasteiger partial charge in [0, 0.05) is 6.61 Å². The molecular formula is C16H27NO3Si. The van der Waals surface area contributed by atoms with Crippen LogP contribution >= 0.6 is 0 Å². The molecule has 1 aromatic carbocycles. The van der Waals surface area contributed by atoms with Crippen molar-refractivity contribution in [1.29, 1.82) is 0 Å². The van der Waals surface area contributed by atoms with Gasteiger partial charge >= 0.3 is 9.20 Å². The van der Waals surface area contributed by atoms with Crippen LogP contribution in [0.2, 0.25) is 6.04 Å². The van der Waals surface area contributed by atoms with Gasteiger partial charge in [-0.15, -0.1) is 0 Å². The summed E-state index contributed by atoms with van der Waals surface area (Å²) in [4.78, 5) is 0. The van der Waals surface area contributed by atoms with Crippen LogP contribution in [0.5, 0.6) is 5.75 Å². The predicted molar refractivity (Wildman–Crippen MR) is 87.1 cm³/mol. The lowest BCUT2D eigenvalue weighted by atomic mass is 10.3. The van der Waals surface area contributed by atoms with Crippen LogP contribution in [-0.2, 0) is 9.47 Å². The van der Waals surface area contributed by atoms with Crippen molar-refractivity contribution in [1.82, 2.24) is 4.57 Å². The molecular weight excluding hydrogens is 282 g/mol. The van der Waals surface area contributed by atoms with Gasteiger partial charge in [0.1, 0.15) is 11.9 Å². The van der Waals surface area contributed by atoms with Crippen molar-refractivity contribution >= 4 is 9.20 Å². The smallest absolute Gasteiger partial charge is 0.315 e. The Labute approximate surface area is 129 Å². The standard InChI is InChI=1S/C16H27NO3Si/c1-3-17(4-2)21(20-15-9-6-5-7-10-15)12-8-11-18-13-16-14-19-16/h5-7,9-10,16,21H,3-4,8,11-14H2,1-2H3. The second-order valence-electron chi connectivity index (χ2n) is 5.28. The van der Waals surface area contributed by atoms with Gasteiger partial charge in [-0.05, 0) is 37.7 Å². The Morgan fingerprint density at radius 1 is 1.24 bits per heavy atom. The van der Waals surface area contributed by atoms with E-state index in [-0.39, 0.29) is 0 Å². The van der Waals surface area contributed by atoms with E-state index in [1.807, 2.05) is 30.3 Å². The van der Waals surface area contributed by atoms with Gasteiger partial charge in [-0.1, -0.05) is 32.0 Å². The van der Waals surface area contributed by atoms with Crippen LogP contribution in [0.4, 0.5) is 0 Å². The molecule has 0 aromatic heterocycles. The Balaban J connectivity index is 1.76. The summed E-state index contributed by atoms with van der Waals surface area (Å²) in [6.07, 6.45) is 1.42. The normalized spacial score (nSPS) is 18.7. The number of hydrogen-bond acceptors (Lipinski definition) is 4. The number of hydrogen-bond donors (Lipinski definition) is 0. The quantitative estimate of drug-likeness (QED) is 0.357. The van der Waals surface area contributed by atoms with Crippen molar-refractivity contribution in [3.63, 3.8) is 0 Å². The Morgan fingerprint density at radius 3 is 2.57 bits per heavy atom. The van der Waals surface area contributed by atoms with Gasteiger partial charge in [-0.25, -0.2) is 0 Å². The highest BCUT2D eigenvalue weighted by molar-refractivity contribution is 6.49. The third-order valence-corrected chi connectivity index (χ3v) is 6.67. The molecule has 0 bridgehead atoms. The summed E-state index contributed by atoms with van der Waals surface area (Å²) in [5.41, 5.74) is 0. The predicted octanol–water partition coefficient (Wildman–Crippen LogP) is 2.43. The minimum Gasteiger partial charge on any atom is -0.532 e. The molecule has 0 aliphatic carbocycles. The van der Waals surface area contributed by atoms with Gasteiger partial charge in [0.25, 0.3) is 0 Å². The van der Waals surface area contributed by atoms with Crippen LogP contribution in [0.1, 0.15) is 20.3 Å². The molecule has 0 N–H and O–H groups in total. The van der Waals surface area contributed by atoms with Crippen LogP contribution in [0.15, 0.2) is 30.3 Å². The van der Waals surface area contributed by atoms with Crippen molar-refractivity contribution < 1.29 is 13.9 Å². The van der Waals surface area contributed by atoms with Crippen LogP contribution in [0, 0.1) is 0 Å². The van der Waals surface area contributed by atoms with Gasteiger partial charge in [0.2, 0.25) is 0 Å². The molecule has 0 spiro atoms. The Kier molecular flexibility index (Phi) is 7.22. The first-order chi connectivity index (χ1) is 10.3. The monoisotopic (exact) mass is 309 g/mol. The topological polar surface area (TPSA) is 34.2 Å². The van der Waals surface area contributed by atoms with E-state index in [0.717, 1.165) is 51.1 Å². The molecule has 118 valence electrons. The number of rotatable bonds is 11. The number of epoxide rings is 1. The summed E-state index contributed by atoms with van der Waals surface area (Å²) in [5, 5.41) is 0. The lowest BCUT2D eigenvalue weighted by Gasteiger charge is -2.28. The number of benzene rings is 1. The van der Waals surface area contributed by atoms with E-state index < -0.39 is 9.20 Å². The van der Waals surface area contributed by atoms with E-state index in [9.17, 15) is 0 Å². The fourth-order valence-electron chi connectivity index (χ4n) is 2.34. The highest BCUT2D eigenvalue weighted by atomic mass is 28.3. The Morgan fingerprint density at radius 2 is 1.95 bits per heavy atom. The van der Waals surface area contributed by atoms with Gasteiger partial charge in [-0.2, -0.15) is 0 Å². The van der Waals surface area contributed by atoms with Crippen molar-refractivity contribution in [3.05, 3.63) is 30.3 Å². The molecule has 21 heavy (non-hydrogen) atoms. The van der Waals surface area contributed by atoms with E-state index in [0.29, 0.717) is 6.10 Å². The van der Waals surface area contributed by atoms with Crippen LogP contribution in [0.25, 0.3) is 0 Å². The van der Waals surface area contributed by atoms with Crippen LogP contribution in [0.3, 0.4) is 0 Å². The average molecular weight is 309 g/mol. The molecule has 1 fully saturated rings. The second-order valence-corrected chi connectivity index (χ2v) is 7.73. The Hall–Kier alpha value is -0.883. The first kappa shape index (κ1) is 16.5. The largest absolute Gasteiger partial charge is 0.532 e. The number of nitrogens with zero attached hydrogens (tertiary/aromatic N) is 1. The van der Waals surface area contributed by atoms with Gasteiger partial charge < -0.3 is 13.9 Å². The maximum Gasteiger partial charge on any atom is 0.315 e.